The number of nitrogens with zero attached hydrogens (tertiary/aromatic N) is 5. The molecule has 1 aromatic heterocycles. The maximum atomic E-state index is 12.7. The van der Waals surface area contributed by atoms with E-state index in [4.69, 9.17) is 11.5 Å². The van der Waals surface area contributed by atoms with Crippen LogP contribution in [0.4, 0.5) is 11.4 Å². The van der Waals surface area contributed by atoms with E-state index in [9.17, 15) is 10.0 Å². The summed E-state index contributed by atoms with van der Waals surface area (Å²) in [5, 5.41) is 22.7. The van der Waals surface area contributed by atoms with Crippen molar-refractivity contribution in [3.05, 3.63) is 41.2 Å². The number of primary amides is 1. The van der Waals surface area contributed by atoms with Gasteiger partial charge >= 0.3 is 0 Å². The predicted octanol–water partition coefficient (Wildman–Crippen LogP) is 1.94. The lowest BCUT2D eigenvalue weighted by atomic mass is 9.70. The number of carbonyl (C=O) groups excluding carboxylic acids is 1. The summed E-state index contributed by atoms with van der Waals surface area (Å²) >= 11 is 0. The first-order chi connectivity index (χ1) is 14.9. The average molecular weight is 424 g/mol. The number of benzene rings is 1. The van der Waals surface area contributed by atoms with E-state index < -0.39 is 11.4 Å². The SMILES string of the molecule is Cn1cc(N2Cc3cc([C@@](N)(C(N)=O)C4CCCCC4)cc4c3C(C=N2)CN4O)cn1. The van der Waals surface area contributed by atoms with Gasteiger partial charge in [-0.15, -0.1) is 0 Å². The first kappa shape index (κ1) is 20.0. The van der Waals surface area contributed by atoms with Crippen LogP contribution in [0.1, 0.15) is 54.7 Å². The van der Waals surface area contributed by atoms with Crippen LogP contribution >= 0.6 is 0 Å². The van der Waals surface area contributed by atoms with E-state index >= 15 is 0 Å². The highest BCUT2D eigenvalue weighted by molar-refractivity contribution is 5.88. The molecule has 1 aromatic carbocycles. The van der Waals surface area contributed by atoms with Gasteiger partial charge in [-0.2, -0.15) is 10.2 Å². The highest BCUT2D eigenvalue weighted by atomic mass is 16.5. The first-order valence-electron chi connectivity index (χ1n) is 10.9. The van der Waals surface area contributed by atoms with Crippen molar-refractivity contribution < 1.29 is 10.0 Å². The summed E-state index contributed by atoms with van der Waals surface area (Å²) in [5.41, 5.74) is 15.7. The number of hydroxylamine groups is 1. The van der Waals surface area contributed by atoms with Gasteiger partial charge in [-0.3, -0.25) is 24.8 Å². The van der Waals surface area contributed by atoms with Crippen molar-refractivity contribution in [3.8, 4) is 0 Å². The van der Waals surface area contributed by atoms with Crippen LogP contribution in [-0.4, -0.2) is 33.7 Å². The Bertz CT molecular complexity index is 1040. The average Bonchev–Trinajstić information content (AvgIpc) is 3.28. The van der Waals surface area contributed by atoms with Gasteiger partial charge < -0.3 is 11.5 Å². The molecule has 1 unspecified atom stereocenters. The number of hydrogen-bond donors (Lipinski definition) is 3. The van der Waals surface area contributed by atoms with Crippen LogP contribution < -0.4 is 21.5 Å². The fourth-order valence-electron chi connectivity index (χ4n) is 5.41. The number of hydrogen-bond acceptors (Lipinski definition) is 7. The molecule has 1 fully saturated rings. The van der Waals surface area contributed by atoms with Crippen LogP contribution in [0.5, 0.6) is 0 Å². The van der Waals surface area contributed by atoms with Crippen LogP contribution in [0.25, 0.3) is 0 Å². The van der Waals surface area contributed by atoms with E-state index in [0.29, 0.717) is 24.3 Å². The first-order valence-corrected chi connectivity index (χ1v) is 10.9. The minimum absolute atomic E-state index is 0.00945. The molecule has 1 saturated carbocycles. The Balaban J connectivity index is 1.62. The van der Waals surface area contributed by atoms with E-state index in [1.165, 1.54) is 5.06 Å². The highest BCUT2D eigenvalue weighted by Crippen LogP contribution is 2.45. The molecule has 9 heteroatoms. The van der Waals surface area contributed by atoms with Crippen molar-refractivity contribution in [2.75, 3.05) is 16.6 Å². The molecule has 5 N–H and O–H groups in total. The normalized spacial score (nSPS) is 22.9. The molecule has 2 aromatic rings. The molecule has 1 amide bonds. The van der Waals surface area contributed by atoms with Crippen molar-refractivity contribution in [2.24, 2.45) is 29.5 Å². The quantitative estimate of drug-likeness (QED) is 0.690. The number of amides is 1. The Morgan fingerprint density at radius 3 is 2.71 bits per heavy atom. The number of aromatic nitrogens is 2. The van der Waals surface area contributed by atoms with Crippen LogP contribution in [0.2, 0.25) is 0 Å². The fraction of sp³-hybridized carbons (Fsp3) is 0.500. The van der Waals surface area contributed by atoms with Gasteiger partial charge in [-0.1, -0.05) is 25.3 Å². The van der Waals surface area contributed by atoms with Gasteiger partial charge in [0.1, 0.15) is 5.54 Å². The van der Waals surface area contributed by atoms with Crippen molar-refractivity contribution in [3.63, 3.8) is 0 Å². The summed E-state index contributed by atoms with van der Waals surface area (Å²) in [6.07, 6.45) is 10.5. The van der Waals surface area contributed by atoms with E-state index in [-0.39, 0.29) is 11.8 Å². The summed E-state index contributed by atoms with van der Waals surface area (Å²) in [5.74, 6) is -0.564. The lowest BCUT2D eigenvalue weighted by Gasteiger charge is -2.38. The third-order valence-electron chi connectivity index (χ3n) is 7.09. The van der Waals surface area contributed by atoms with Crippen molar-refractivity contribution in [1.82, 2.24) is 9.78 Å². The lowest BCUT2D eigenvalue weighted by molar-refractivity contribution is -0.126. The Morgan fingerprint density at radius 1 is 1.26 bits per heavy atom. The van der Waals surface area contributed by atoms with Gasteiger partial charge in [0, 0.05) is 25.4 Å². The largest absolute Gasteiger partial charge is 0.368 e. The van der Waals surface area contributed by atoms with Gasteiger partial charge in [0.2, 0.25) is 5.91 Å². The summed E-state index contributed by atoms with van der Waals surface area (Å²) in [6, 6.07) is 3.86. The Kier molecular flexibility index (Phi) is 4.75. The summed E-state index contributed by atoms with van der Waals surface area (Å²) in [7, 11) is 1.87. The van der Waals surface area contributed by atoms with Crippen molar-refractivity contribution in [1.29, 1.82) is 0 Å². The summed E-state index contributed by atoms with van der Waals surface area (Å²) < 4.78 is 1.73. The molecular weight excluding hydrogens is 394 g/mol. The molecule has 0 spiro atoms. The highest BCUT2D eigenvalue weighted by Gasteiger charge is 2.44. The van der Waals surface area contributed by atoms with Gasteiger partial charge in [0.05, 0.1) is 30.7 Å². The second-order valence-electron chi connectivity index (χ2n) is 9.02. The number of carbonyl (C=O) groups is 1. The Morgan fingerprint density at radius 2 is 2.03 bits per heavy atom. The topological polar surface area (TPSA) is 126 Å². The number of hydrazone groups is 1. The van der Waals surface area contributed by atoms with Gasteiger partial charge in [-0.25, -0.2) is 0 Å². The molecule has 2 aliphatic heterocycles. The van der Waals surface area contributed by atoms with Crippen molar-refractivity contribution in [2.45, 2.75) is 50.1 Å². The van der Waals surface area contributed by atoms with Gasteiger partial charge in [0.15, 0.2) is 0 Å². The van der Waals surface area contributed by atoms with Crippen LogP contribution in [0, 0.1) is 5.92 Å². The van der Waals surface area contributed by atoms with Gasteiger partial charge in [0.25, 0.3) is 0 Å². The van der Waals surface area contributed by atoms with E-state index in [0.717, 1.165) is 48.9 Å². The number of nitrogens with two attached hydrogens (primary N) is 2. The van der Waals surface area contributed by atoms with E-state index in [1.807, 2.05) is 36.6 Å². The molecule has 2 atom stereocenters. The molecule has 5 rings (SSSR count). The second kappa shape index (κ2) is 7.35. The lowest BCUT2D eigenvalue weighted by Crippen LogP contribution is -2.55. The zero-order valence-electron chi connectivity index (χ0n) is 17.7. The van der Waals surface area contributed by atoms with E-state index in [2.05, 4.69) is 10.2 Å². The maximum absolute atomic E-state index is 12.7. The fourth-order valence-corrected chi connectivity index (χ4v) is 5.41. The molecule has 0 radical (unpaired) electrons. The number of anilines is 2. The second-order valence-corrected chi connectivity index (χ2v) is 9.02. The smallest absolute Gasteiger partial charge is 0.242 e. The molecule has 3 aliphatic rings. The Hall–Kier alpha value is -2.91. The van der Waals surface area contributed by atoms with Crippen LogP contribution in [-0.2, 0) is 23.9 Å². The monoisotopic (exact) mass is 423 g/mol. The van der Waals surface area contributed by atoms with Gasteiger partial charge in [-0.05, 0) is 41.5 Å². The molecule has 3 heterocycles. The molecule has 31 heavy (non-hydrogen) atoms. The van der Waals surface area contributed by atoms with Crippen molar-refractivity contribution >= 4 is 23.5 Å². The van der Waals surface area contributed by atoms with Crippen LogP contribution in [0.15, 0.2) is 29.6 Å². The molecule has 0 saturated heterocycles. The van der Waals surface area contributed by atoms with E-state index in [1.54, 1.807) is 10.9 Å². The zero-order chi connectivity index (χ0) is 21.8. The van der Waals surface area contributed by atoms with Crippen LogP contribution in [0.3, 0.4) is 0 Å². The summed E-state index contributed by atoms with van der Waals surface area (Å²) in [6.45, 7) is 0.899. The number of aryl methyl sites for hydroxylation is 1. The standard InChI is InChI=1S/C22H29N7O2/c1-27-13-18(10-25-27)28-11-14-7-17(8-19-20(14)15(9-26-28)12-29(19)31)22(24,21(23)30)16-5-3-2-4-6-16/h7-10,13,15-16,31H,2-6,11-12,24H2,1H3,(H2,23,30)/t15?,22-/m1/s1. The predicted molar refractivity (Wildman–Crippen MR) is 118 cm³/mol. The Labute approximate surface area is 181 Å². The third-order valence-corrected chi connectivity index (χ3v) is 7.09. The summed E-state index contributed by atoms with van der Waals surface area (Å²) in [4.78, 5) is 12.7. The minimum atomic E-state index is -1.27. The molecule has 1 aliphatic carbocycles. The molecule has 164 valence electrons. The maximum Gasteiger partial charge on any atom is 0.242 e. The molecular formula is C22H29N7O2. The number of rotatable bonds is 4. The molecule has 9 nitrogen and oxygen atoms in total. The third kappa shape index (κ3) is 3.19. The molecule has 0 bridgehead atoms. The minimum Gasteiger partial charge on any atom is -0.368 e. The zero-order valence-corrected chi connectivity index (χ0v) is 17.7.